The molecule has 0 bridgehead atoms. The molecule has 3 aromatic rings. The number of nitrogens with zero attached hydrogens (tertiary/aromatic N) is 2. The van der Waals surface area contributed by atoms with E-state index in [-0.39, 0.29) is 39.5 Å². The molecular formula is C26H24ClN3O7. The first kappa shape index (κ1) is 24.6. The van der Waals surface area contributed by atoms with Gasteiger partial charge in [-0.3, -0.25) is 9.59 Å². The van der Waals surface area contributed by atoms with Crippen molar-refractivity contribution in [3.05, 3.63) is 58.6 Å². The fraction of sp³-hybridized carbons (Fsp3) is 0.308. The van der Waals surface area contributed by atoms with E-state index < -0.39 is 23.1 Å². The number of Topliss-reactive ketones (excluding diaryl/α,β-unsaturated/α-hetero) is 1. The number of phenolic OH excluding ortho intramolecular Hbond substituents is 1. The molecule has 2 N–H and O–H groups in total. The number of aromatic nitrogens is 2. The van der Waals surface area contributed by atoms with E-state index in [0.717, 1.165) is 0 Å². The Balaban J connectivity index is 1.30. The first-order chi connectivity index (χ1) is 17.8. The minimum Gasteiger partial charge on any atom is -0.507 e. The zero-order valence-electron chi connectivity index (χ0n) is 20.3. The number of ether oxygens (including phenoxy) is 3. The summed E-state index contributed by atoms with van der Waals surface area (Å²) in [6, 6.07) is 8.20. The number of allylic oxidation sites excluding steroid dienone is 1. The molecule has 5 rings (SSSR count). The SMILES string of the molecule is COc1cc(OC)c2c(c1Cl)O[C@@]1(C(=O)C=C(NCCc3nnc(-c4ccccc4O)o3)C[C@H]1C)C2=O. The van der Waals surface area contributed by atoms with Gasteiger partial charge in [-0.1, -0.05) is 30.7 Å². The van der Waals surface area contributed by atoms with E-state index in [4.69, 9.17) is 30.2 Å². The van der Waals surface area contributed by atoms with Crippen LogP contribution in [0.3, 0.4) is 0 Å². The van der Waals surface area contributed by atoms with Gasteiger partial charge in [-0.2, -0.15) is 0 Å². The Labute approximate surface area is 217 Å². The number of rotatable bonds is 7. The van der Waals surface area contributed by atoms with Crippen LogP contribution in [0.1, 0.15) is 29.6 Å². The van der Waals surface area contributed by atoms with Crippen molar-refractivity contribution >= 4 is 23.2 Å². The number of ketones is 2. The molecule has 1 aromatic heterocycles. The van der Waals surface area contributed by atoms with Gasteiger partial charge in [-0.05, 0) is 18.6 Å². The van der Waals surface area contributed by atoms with Crippen LogP contribution in [0, 0.1) is 5.92 Å². The summed E-state index contributed by atoms with van der Waals surface area (Å²) in [6.45, 7) is 2.19. The number of nitrogens with one attached hydrogen (secondary N) is 1. The van der Waals surface area contributed by atoms with Crippen molar-refractivity contribution in [2.45, 2.75) is 25.4 Å². The summed E-state index contributed by atoms with van der Waals surface area (Å²) in [5.74, 6) is -0.216. The largest absolute Gasteiger partial charge is 0.507 e. The molecular weight excluding hydrogens is 502 g/mol. The van der Waals surface area contributed by atoms with Crippen LogP contribution < -0.4 is 19.5 Å². The highest BCUT2D eigenvalue weighted by Gasteiger charge is 2.60. The quantitative estimate of drug-likeness (QED) is 0.439. The third kappa shape index (κ3) is 3.97. The number of para-hydroxylation sites is 1. The predicted molar refractivity (Wildman–Crippen MR) is 132 cm³/mol. The second kappa shape index (κ2) is 9.44. The molecule has 2 atom stereocenters. The number of methoxy groups -OCH3 is 2. The van der Waals surface area contributed by atoms with Gasteiger partial charge in [0.2, 0.25) is 23.1 Å². The second-order valence-electron chi connectivity index (χ2n) is 8.80. The number of halogens is 1. The molecule has 192 valence electrons. The number of benzene rings is 2. The highest BCUT2D eigenvalue weighted by molar-refractivity contribution is 6.36. The molecule has 1 spiro atoms. The monoisotopic (exact) mass is 525 g/mol. The van der Waals surface area contributed by atoms with Crippen LogP contribution in [-0.2, 0) is 11.2 Å². The van der Waals surface area contributed by atoms with Crippen molar-refractivity contribution in [3.8, 4) is 34.5 Å². The molecule has 0 radical (unpaired) electrons. The number of fused-ring (bicyclic) bond motifs is 1. The van der Waals surface area contributed by atoms with Gasteiger partial charge in [-0.25, -0.2) is 0 Å². The summed E-state index contributed by atoms with van der Waals surface area (Å²) < 4.78 is 22.3. The highest BCUT2D eigenvalue weighted by atomic mass is 35.5. The van der Waals surface area contributed by atoms with E-state index in [1.165, 1.54) is 26.4 Å². The van der Waals surface area contributed by atoms with Crippen LogP contribution in [0.25, 0.3) is 11.5 Å². The maximum absolute atomic E-state index is 13.6. The first-order valence-electron chi connectivity index (χ1n) is 11.6. The molecule has 10 nitrogen and oxygen atoms in total. The Morgan fingerprint density at radius 1 is 1.19 bits per heavy atom. The van der Waals surface area contributed by atoms with E-state index in [2.05, 4.69) is 15.5 Å². The van der Waals surface area contributed by atoms with Crippen molar-refractivity contribution in [2.24, 2.45) is 5.92 Å². The second-order valence-corrected chi connectivity index (χ2v) is 9.18. The summed E-state index contributed by atoms with van der Waals surface area (Å²) in [4.78, 5) is 26.9. The highest BCUT2D eigenvalue weighted by Crippen LogP contribution is 2.52. The molecule has 2 aromatic carbocycles. The molecule has 11 heteroatoms. The van der Waals surface area contributed by atoms with Crippen molar-refractivity contribution in [1.29, 1.82) is 0 Å². The lowest BCUT2D eigenvalue weighted by atomic mass is 9.74. The third-order valence-electron chi connectivity index (χ3n) is 6.60. The zero-order valence-corrected chi connectivity index (χ0v) is 21.1. The number of phenols is 1. The Morgan fingerprint density at radius 3 is 2.65 bits per heavy atom. The van der Waals surface area contributed by atoms with Gasteiger partial charge in [0.1, 0.15) is 27.8 Å². The molecule has 2 heterocycles. The summed E-state index contributed by atoms with van der Waals surface area (Å²) in [5, 5.41) is 21.3. The summed E-state index contributed by atoms with van der Waals surface area (Å²) in [5.41, 5.74) is -0.484. The van der Waals surface area contributed by atoms with E-state index in [9.17, 15) is 14.7 Å². The van der Waals surface area contributed by atoms with E-state index in [1.807, 2.05) is 0 Å². The smallest absolute Gasteiger partial charge is 0.251 e. The third-order valence-corrected chi connectivity index (χ3v) is 6.96. The lowest BCUT2D eigenvalue weighted by Crippen LogP contribution is -2.55. The molecule has 2 aliphatic rings. The standard InChI is InChI=1S/C26H24ClN3O7/c1-13-10-14(28-9-8-20-29-30-25(36-20)15-6-4-5-7-16(15)31)11-19(32)26(13)24(33)21-17(34-2)12-18(35-3)22(27)23(21)37-26/h4-7,11-13,28,31H,8-10H2,1-3H3/t13-,26+/m1/s1. The van der Waals surface area contributed by atoms with Crippen molar-refractivity contribution in [3.63, 3.8) is 0 Å². The number of carbonyl (C=O) groups excluding carboxylic acids is 2. The Hall–Kier alpha value is -4.05. The normalized spacial score (nSPS) is 20.4. The first-order valence-corrected chi connectivity index (χ1v) is 12.0. The van der Waals surface area contributed by atoms with E-state index >= 15 is 0 Å². The molecule has 0 fully saturated rings. The lowest BCUT2D eigenvalue weighted by molar-refractivity contribution is -0.129. The maximum Gasteiger partial charge on any atom is 0.251 e. The van der Waals surface area contributed by atoms with Gasteiger partial charge < -0.3 is 29.1 Å². The Kier molecular flexibility index (Phi) is 6.28. The van der Waals surface area contributed by atoms with E-state index in [0.29, 0.717) is 36.5 Å². The van der Waals surface area contributed by atoms with Crippen LogP contribution in [0.15, 0.2) is 46.5 Å². The average molecular weight is 526 g/mol. The molecule has 37 heavy (non-hydrogen) atoms. The molecule has 0 unspecified atom stereocenters. The van der Waals surface area contributed by atoms with Crippen molar-refractivity contribution in [1.82, 2.24) is 15.5 Å². The van der Waals surface area contributed by atoms with Crippen LogP contribution in [0.4, 0.5) is 0 Å². The van der Waals surface area contributed by atoms with Crippen LogP contribution in [0.5, 0.6) is 23.0 Å². The minimum absolute atomic E-state index is 0.0489. The van der Waals surface area contributed by atoms with Crippen LogP contribution >= 0.6 is 11.6 Å². The number of hydrogen-bond donors (Lipinski definition) is 2. The number of aromatic hydroxyl groups is 1. The summed E-state index contributed by atoms with van der Waals surface area (Å²) >= 11 is 6.42. The minimum atomic E-state index is -1.73. The van der Waals surface area contributed by atoms with Gasteiger partial charge in [0.25, 0.3) is 5.89 Å². The molecule has 0 saturated heterocycles. The topological polar surface area (TPSA) is 133 Å². The maximum atomic E-state index is 13.6. The fourth-order valence-electron chi connectivity index (χ4n) is 4.70. The Bertz CT molecular complexity index is 1430. The Morgan fingerprint density at radius 2 is 1.95 bits per heavy atom. The fourth-order valence-corrected chi connectivity index (χ4v) is 4.96. The van der Waals surface area contributed by atoms with Gasteiger partial charge in [0.15, 0.2) is 5.75 Å². The summed E-state index contributed by atoms with van der Waals surface area (Å²) in [7, 11) is 2.86. The van der Waals surface area contributed by atoms with Gasteiger partial charge >= 0.3 is 0 Å². The van der Waals surface area contributed by atoms with Gasteiger partial charge in [-0.15, -0.1) is 10.2 Å². The zero-order chi connectivity index (χ0) is 26.3. The molecule has 1 aliphatic heterocycles. The molecule has 0 amide bonds. The predicted octanol–water partition coefficient (Wildman–Crippen LogP) is 3.75. The van der Waals surface area contributed by atoms with Gasteiger partial charge in [0.05, 0.1) is 19.8 Å². The number of carbonyl (C=O) groups is 2. The van der Waals surface area contributed by atoms with Crippen LogP contribution in [-0.4, -0.2) is 53.2 Å². The van der Waals surface area contributed by atoms with Gasteiger partial charge in [0, 0.05) is 36.7 Å². The lowest BCUT2D eigenvalue weighted by Gasteiger charge is -2.35. The number of hydrogen-bond acceptors (Lipinski definition) is 10. The average Bonchev–Trinajstić information content (AvgIpc) is 3.47. The molecule has 0 saturated carbocycles. The van der Waals surface area contributed by atoms with Crippen LogP contribution in [0.2, 0.25) is 5.02 Å². The van der Waals surface area contributed by atoms with E-state index in [1.54, 1.807) is 31.2 Å². The summed E-state index contributed by atoms with van der Waals surface area (Å²) in [6.07, 6.45) is 2.16. The van der Waals surface area contributed by atoms with Crippen molar-refractivity contribution < 1.29 is 33.3 Å². The molecule has 1 aliphatic carbocycles. The van der Waals surface area contributed by atoms with Crippen molar-refractivity contribution in [2.75, 3.05) is 20.8 Å².